The number of hydrogen-bond donors (Lipinski definition) is 0. The third-order valence-electron chi connectivity index (χ3n) is 3.93. The number of hydrogen-bond acceptors (Lipinski definition) is 2. The fourth-order valence-electron chi connectivity index (χ4n) is 2.72. The Morgan fingerprint density at radius 2 is 1.58 bits per heavy atom. The van der Waals surface area contributed by atoms with Crippen LogP contribution >= 0.6 is 0 Å². The smallest absolute Gasteiger partial charge is 0.119 e. The first kappa shape index (κ1) is 12.1. The average molecular weight is 253 g/mol. The second-order valence-corrected chi connectivity index (χ2v) is 5.06. The minimum atomic E-state index is 0.895. The van der Waals surface area contributed by atoms with Crippen molar-refractivity contribution in [3.8, 4) is 5.75 Å². The molecule has 19 heavy (non-hydrogen) atoms. The van der Waals surface area contributed by atoms with Crippen LogP contribution in [0.2, 0.25) is 0 Å². The number of nitrogens with zero attached hydrogens (tertiary/aromatic N) is 1. The van der Waals surface area contributed by atoms with Crippen LogP contribution in [-0.4, -0.2) is 14.2 Å². The fraction of sp³-hybridized carbons (Fsp3) is 0.294. The maximum Gasteiger partial charge on any atom is 0.119 e. The van der Waals surface area contributed by atoms with Gasteiger partial charge in [-0.25, -0.2) is 0 Å². The molecule has 0 unspecified atom stereocenters. The van der Waals surface area contributed by atoms with Crippen LogP contribution in [0.1, 0.15) is 17.5 Å². The van der Waals surface area contributed by atoms with Gasteiger partial charge in [-0.2, -0.15) is 0 Å². The highest BCUT2D eigenvalue weighted by Gasteiger charge is 2.12. The summed E-state index contributed by atoms with van der Waals surface area (Å²) in [6.07, 6.45) is 3.76. The molecule has 0 spiro atoms. The molecule has 0 N–H and O–H groups in total. The maximum atomic E-state index is 5.20. The lowest BCUT2D eigenvalue weighted by Crippen LogP contribution is -2.09. The van der Waals surface area contributed by atoms with Gasteiger partial charge in [0.1, 0.15) is 5.75 Å². The van der Waals surface area contributed by atoms with E-state index in [2.05, 4.69) is 42.3 Å². The highest BCUT2D eigenvalue weighted by Crippen LogP contribution is 2.30. The van der Waals surface area contributed by atoms with Crippen molar-refractivity contribution in [1.82, 2.24) is 0 Å². The Balaban J connectivity index is 1.88. The van der Waals surface area contributed by atoms with E-state index in [-0.39, 0.29) is 0 Å². The summed E-state index contributed by atoms with van der Waals surface area (Å²) < 4.78 is 5.20. The monoisotopic (exact) mass is 253 g/mol. The van der Waals surface area contributed by atoms with Gasteiger partial charge in [-0.3, -0.25) is 0 Å². The van der Waals surface area contributed by atoms with Crippen molar-refractivity contribution < 1.29 is 4.74 Å². The van der Waals surface area contributed by atoms with Gasteiger partial charge in [0.05, 0.1) is 7.11 Å². The van der Waals surface area contributed by atoms with Gasteiger partial charge >= 0.3 is 0 Å². The SMILES string of the molecule is COc1ccc(N(C)c2ccc3c(c2)CCC3)cc1. The Morgan fingerprint density at radius 3 is 2.32 bits per heavy atom. The lowest BCUT2D eigenvalue weighted by atomic mass is 10.1. The predicted molar refractivity (Wildman–Crippen MR) is 79.5 cm³/mol. The molecule has 1 aliphatic carbocycles. The van der Waals surface area contributed by atoms with Crippen LogP contribution in [0.25, 0.3) is 0 Å². The van der Waals surface area contributed by atoms with Crippen LogP contribution in [0.3, 0.4) is 0 Å². The largest absolute Gasteiger partial charge is 0.497 e. The molecular weight excluding hydrogens is 234 g/mol. The highest BCUT2D eigenvalue weighted by atomic mass is 16.5. The molecule has 1 aliphatic rings. The molecule has 2 aromatic rings. The zero-order valence-electron chi connectivity index (χ0n) is 11.5. The molecule has 0 bridgehead atoms. The van der Waals surface area contributed by atoms with Crippen molar-refractivity contribution in [2.45, 2.75) is 19.3 Å². The zero-order valence-corrected chi connectivity index (χ0v) is 11.5. The van der Waals surface area contributed by atoms with E-state index in [0.29, 0.717) is 0 Å². The van der Waals surface area contributed by atoms with Gasteiger partial charge in [0.2, 0.25) is 0 Å². The van der Waals surface area contributed by atoms with Crippen LogP contribution in [0.4, 0.5) is 11.4 Å². The van der Waals surface area contributed by atoms with Crippen molar-refractivity contribution >= 4 is 11.4 Å². The maximum absolute atomic E-state index is 5.20. The molecule has 2 aromatic carbocycles. The van der Waals surface area contributed by atoms with Crippen molar-refractivity contribution in [2.75, 3.05) is 19.1 Å². The Kier molecular flexibility index (Phi) is 3.16. The van der Waals surface area contributed by atoms with Gasteiger partial charge in [-0.15, -0.1) is 0 Å². The van der Waals surface area contributed by atoms with Crippen LogP contribution in [0, 0.1) is 0 Å². The molecule has 0 aliphatic heterocycles. The Bertz CT molecular complexity index is 574. The van der Waals surface area contributed by atoms with Gasteiger partial charge in [-0.1, -0.05) is 6.07 Å². The first-order valence-corrected chi connectivity index (χ1v) is 6.77. The first-order chi connectivity index (χ1) is 9.28. The molecule has 0 saturated heterocycles. The predicted octanol–water partition coefficient (Wildman–Crippen LogP) is 3.95. The van der Waals surface area contributed by atoms with Crippen LogP contribution in [-0.2, 0) is 12.8 Å². The molecule has 0 fully saturated rings. The van der Waals surface area contributed by atoms with Crippen LogP contribution in [0.5, 0.6) is 5.75 Å². The summed E-state index contributed by atoms with van der Waals surface area (Å²) in [6, 6.07) is 15.0. The lowest BCUT2D eigenvalue weighted by Gasteiger charge is -2.20. The molecule has 0 saturated carbocycles. The first-order valence-electron chi connectivity index (χ1n) is 6.77. The number of fused-ring (bicyclic) bond motifs is 1. The van der Waals surface area contributed by atoms with E-state index < -0.39 is 0 Å². The third kappa shape index (κ3) is 2.30. The number of ether oxygens (including phenoxy) is 1. The minimum Gasteiger partial charge on any atom is -0.497 e. The lowest BCUT2D eigenvalue weighted by molar-refractivity contribution is 0.415. The van der Waals surface area contributed by atoms with Crippen LogP contribution < -0.4 is 9.64 Å². The Labute approximate surface area is 114 Å². The molecule has 0 amide bonds. The fourth-order valence-corrected chi connectivity index (χ4v) is 2.72. The molecule has 0 radical (unpaired) electrons. The van der Waals surface area contributed by atoms with Crippen molar-refractivity contribution in [3.05, 3.63) is 53.6 Å². The average Bonchev–Trinajstić information content (AvgIpc) is 2.94. The van der Waals surface area contributed by atoms with Gasteiger partial charge in [0.15, 0.2) is 0 Å². The summed E-state index contributed by atoms with van der Waals surface area (Å²) in [5, 5.41) is 0. The van der Waals surface area contributed by atoms with Gasteiger partial charge in [0.25, 0.3) is 0 Å². The van der Waals surface area contributed by atoms with E-state index in [4.69, 9.17) is 4.74 Å². The second-order valence-electron chi connectivity index (χ2n) is 5.06. The van der Waals surface area contributed by atoms with Crippen molar-refractivity contribution in [3.63, 3.8) is 0 Å². The quantitative estimate of drug-likeness (QED) is 0.821. The topological polar surface area (TPSA) is 12.5 Å². The number of anilines is 2. The molecule has 0 heterocycles. The summed E-state index contributed by atoms with van der Waals surface area (Å²) in [5.41, 5.74) is 5.47. The molecular formula is C17H19NO. The normalized spacial score (nSPS) is 13.2. The Morgan fingerprint density at radius 1 is 0.895 bits per heavy atom. The molecule has 98 valence electrons. The van der Waals surface area contributed by atoms with E-state index >= 15 is 0 Å². The van der Waals surface area contributed by atoms with E-state index in [0.717, 1.165) is 5.75 Å². The summed E-state index contributed by atoms with van der Waals surface area (Å²) in [5.74, 6) is 0.895. The molecule has 2 nitrogen and oxygen atoms in total. The van der Waals surface area contributed by atoms with E-state index in [1.807, 2.05) is 12.1 Å². The number of methoxy groups -OCH3 is 1. The third-order valence-corrected chi connectivity index (χ3v) is 3.93. The molecule has 2 heteroatoms. The van der Waals surface area contributed by atoms with E-state index in [1.165, 1.54) is 41.8 Å². The number of rotatable bonds is 3. The van der Waals surface area contributed by atoms with Gasteiger partial charge in [-0.05, 0) is 66.8 Å². The molecule has 0 atom stereocenters. The molecule has 3 rings (SSSR count). The van der Waals surface area contributed by atoms with Gasteiger partial charge in [0, 0.05) is 18.4 Å². The van der Waals surface area contributed by atoms with E-state index in [9.17, 15) is 0 Å². The minimum absolute atomic E-state index is 0.895. The number of aryl methyl sites for hydroxylation is 2. The Hall–Kier alpha value is -1.96. The van der Waals surface area contributed by atoms with Crippen LogP contribution in [0.15, 0.2) is 42.5 Å². The van der Waals surface area contributed by atoms with Crippen molar-refractivity contribution in [2.24, 2.45) is 0 Å². The molecule has 0 aromatic heterocycles. The number of benzene rings is 2. The zero-order chi connectivity index (χ0) is 13.2. The van der Waals surface area contributed by atoms with E-state index in [1.54, 1.807) is 7.11 Å². The van der Waals surface area contributed by atoms with Crippen molar-refractivity contribution in [1.29, 1.82) is 0 Å². The highest BCUT2D eigenvalue weighted by molar-refractivity contribution is 5.64. The summed E-state index contributed by atoms with van der Waals surface area (Å²) in [7, 11) is 3.80. The summed E-state index contributed by atoms with van der Waals surface area (Å²) in [6.45, 7) is 0. The summed E-state index contributed by atoms with van der Waals surface area (Å²) in [4.78, 5) is 2.22. The standard InChI is InChI=1S/C17H19NO/c1-18(15-8-10-17(19-2)11-9-15)16-7-6-13-4-3-5-14(13)12-16/h6-12H,3-5H2,1-2H3. The van der Waals surface area contributed by atoms with Gasteiger partial charge < -0.3 is 9.64 Å². The summed E-state index contributed by atoms with van der Waals surface area (Å²) >= 11 is 0. The second kappa shape index (κ2) is 4.96.